The van der Waals surface area contributed by atoms with E-state index in [-0.39, 0.29) is 24.6 Å². The van der Waals surface area contributed by atoms with E-state index in [9.17, 15) is 9.59 Å². The second kappa shape index (κ2) is 10.1. The van der Waals surface area contributed by atoms with Gasteiger partial charge < -0.3 is 10.1 Å². The number of hydrogen-bond donors (Lipinski definition) is 1. The highest BCUT2D eigenvalue weighted by atomic mass is 16.5. The molecule has 3 rings (SSSR count). The highest BCUT2D eigenvalue weighted by Gasteiger charge is 2.16. The number of esters is 1. The third-order valence-electron chi connectivity index (χ3n) is 4.91. The summed E-state index contributed by atoms with van der Waals surface area (Å²) in [6, 6.07) is 7.12. The molecule has 0 radical (unpaired) electrons. The Balaban J connectivity index is 1.60. The van der Waals surface area contributed by atoms with Crippen LogP contribution < -0.4 is 5.32 Å². The van der Waals surface area contributed by atoms with Crippen LogP contribution in [-0.4, -0.2) is 44.2 Å². The summed E-state index contributed by atoms with van der Waals surface area (Å²) in [4.78, 5) is 25.7. The smallest absolute Gasteiger partial charge is 0.338 e. The van der Waals surface area contributed by atoms with Crippen LogP contribution in [0.5, 0.6) is 0 Å². The van der Waals surface area contributed by atoms with E-state index in [2.05, 4.69) is 20.7 Å². The zero-order chi connectivity index (χ0) is 20.6. The van der Waals surface area contributed by atoms with E-state index >= 15 is 0 Å². The quantitative estimate of drug-likeness (QED) is 0.749. The number of aromatic nitrogens is 4. The molecular weight excluding hydrogens is 370 g/mol. The monoisotopic (exact) mass is 399 g/mol. The maximum Gasteiger partial charge on any atom is 0.338 e. The van der Waals surface area contributed by atoms with Crippen molar-refractivity contribution in [2.45, 2.75) is 77.5 Å². The summed E-state index contributed by atoms with van der Waals surface area (Å²) in [5.41, 5.74) is 1.07. The fourth-order valence-corrected chi connectivity index (χ4v) is 3.50. The number of amides is 1. The summed E-state index contributed by atoms with van der Waals surface area (Å²) in [5.74, 6) is -0.135. The SMILES string of the molecule is CC(C)OC(=O)c1cccc(-c2nnn(CC(=O)NC3CCCCCCC3)n2)c1. The summed E-state index contributed by atoms with van der Waals surface area (Å²) in [6.45, 7) is 3.63. The Bertz CT molecular complexity index is 825. The number of benzene rings is 1. The largest absolute Gasteiger partial charge is 0.459 e. The second-order valence-electron chi connectivity index (χ2n) is 7.79. The Morgan fingerprint density at radius 1 is 1.17 bits per heavy atom. The minimum atomic E-state index is -0.396. The number of rotatable bonds is 6. The number of nitrogens with zero attached hydrogens (tertiary/aromatic N) is 4. The van der Waals surface area contributed by atoms with Crippen molar-refractivity contribution < 1.29 is 14.3 Å². The van der Waals surface area contributed by atoms with Gasteiger partial charge in [-0.2, -0.15) is 4.80 Å². The molecule has 29 heavy (non-hydrogen) atoms. The Morgan fingerprint density at radius 3 is 2.62 bits per heavy atom. The van der Waals surface area contributed by atoms with Crippen LogP contribution in [0.15, 0.2) is 24.3 Å². The van der Waals surface area contributed by atoms with E-state index in [1.807, 2.05) is 0 Å². The van der Waals surface area contributed by atoms with Crippen LogP contribution in [-0.2, 0) is 16.1 Å². The van der Waals surface area contributed by atoms with Crippen molar-refractivity contribution >= 4 is 11.9 Å². The van der Waals surface area contributed by atoms with Crippen molar-refractivity contribution in [1.29, 1.82) is 0 Å². The predicted molar refractivity (Wildman–Crippen MR) is 108 cm³/mol. The van der Waals surface area contributed by atoms with Gasteiger partial charge in [-0.15, -0.1) is 10.2 Å². The number of carbonyl (C=O) groups is 2. The van der Waals surface area contributed by atoms with Gasteiger partial charge in [-0.3, -0.25) is 4.79 Å². The molecule has 1 aliphatic rings. The van der Waals surface area contributed by atoms with Gasteiger partial charge >= 0.3 is 5.97 Å². The van der Waals surface area contributed by atoms with Crippen LogP contribution >= 0.6 is 0 Å². The molecule has 1 amide bonds. The molecule has 0 unspecified atom stereocenters. The van der Waals surface area contributed by atoms with Crippen LogP contribution in [0.1, 0.15) is 69.2 Å². The average Bonchev–Trinajstić information content (AvgIpc) is 3.12. The minimum absolute atomic E-state index is 0.0264. The van der Waals surface area contributed by atoms with E-state index in [0.29, 0.717) is 17.0 Å². The number of tetrazole rings is 1. The zero-order valence-corrected chi connectivity index (χ0v) is 17.1. The molecule has 0 spiro atoms. The fourth-order valence-electron chi connectivity index (χ4n) is 3.50. The highest BCUT2D eigenvalue weighted by molar-refractivity contribution is 5.90. The average molecular weight is 399 g/mol. The van der Waals surface area contributed by atoms with Gasteiger partial charge in [-0.1, -0.05) is 44.2 Å². The van der Waals surface area contributed by atoms with E-state index < -0.39 is 5.97 Å². The van der Waals surface area contributed by atoms with Crippen molar-refractivity contribution in [2.75, 3.05) is 0 Å². The Hall–Kier alpha value is -2.77. The molecule has 0 bridgehead atoms. The van der Waals surface area contributed by atoms with Gasteiger partial charge in [0.15, 0.2) is 0 Å². The van der Waals surface area contributed by atoms with Crippen LogP contribution in [0.25, 0.3) is 11.4 Å². The van der Waals surface area contributed by atoms with Gasteiger partial charge in [0.1, 0.15) is 6.54 Å². The maximum absolute atomic E-state index is 12.4. The maximum atomic E-state index is 12.4. The van der Waals surface area contributed by atoms with Gasteiger partial charge in [0.05, 0.1) is 11.7 Å². The Morgan fingerprint density at radius 2 is 1.90 bits per heavy atom. The first-order valence-corrected chi connectivity index (χ1v) is 10.4. The first kappa shape index (κ1) is 21.0. The molecule has 8 heteroatoms. The number of carbonyl (C=O) groups excluding carboxylic acids is 2. The van der Waals surface area contributed by atoms with E-state index in [1.165, 1.54) is 24.1 Å². The molecule has 2 aromatic rings. The van der Waals surface area contributed by atoms with Crippen molar-refractivity contribution in [3.8, 4) is 11.4 Å². The molecule has 1 fully saturated rings. The number of hydrogen-bond acceptors (Lipinski definition) is 6. The van der Waals surface area contributed by atoms with Crippen molar-refractivity contribution in [1.82, 2.24) is 25.5 Å². The Kier molecular flexibility index (Phi) is 7.32. The van der Waals surface area contributed by atoms with Crippen molar-refractivity contribution in [2.24, 2.45) is 0 Å². The van der Waals surface area contributed by atoms with Crippen LogP contribution in [0, 0.1) is 0 Å². The lowest BCUT2D eigenvalue weighted by Crippen LogP contribution is -2.37. The molecule has 1 saturated carbocycles. The summed E-state index contributed by atoms with van der Waals surface area (Å²) in [6.07, 6.45) is 7.96. The molecule has 8 nitrogen and oxygen atoms in total. The molecule has 0 aliphatic heterocycles. The van der Waals surface area contributed by atoms with Gasteiger partial charge in [-0.05, 0) is 44.0 Å². The zero-order valence-electron chi connectivity index (χ0n) is 17.1. The molecule has 0 atom stereocenters. The highest BCUT2D eigenvalue weighted by Crippen LogP contribution is 2.18. The second-order valence-corrected chi connectivity index (χ2v) is 7.79. The lowest BCUT2D eigenvalue weighted by Gasteiger charge is -2.20. The third kappa shape index (κ3) is 6.37. The Labute approximate surface area is 171 Å². The summed E-state index contributed by atoms with van der Waals surface area (Å²) < 4.78 is 5.22. The molecule has 156 valence electrons. The first-order chi connectivity index (χ1) is 14.0. The van der Waals surface area contributed by atoms with Crippen molar-refractivity contribution in [3.05, 3.63) is 29.8 Å². The summed E-state index contributed by atoms with van der Waals surface area (Å²) in [5, 5.41) is 15.4. The van der Waals surface area contributed by atoms with Gasteiger partial charge in [0.25, 0.3) is 0 Å². The van der Waals surface area contributed by atoms with Crippen LogP contribution in [0.3, 0.4) is 0 Å². The van der Waals surface area contributed by atoms with E-state index in [0.717, 1.165) is 25.7 Å². The molecule has 1 N–H and O–H groups in total. The van der Waals surface area contributed by atoms with Gasteiger partial charge in [0, 0.05) is 11.6 Å². The topological polar surface area (TPSA) is 99.0 Å². The number of ether oxygens (including phenoxy) is 1. The molecule has 1 aromatic heterocycles. The summed E-state index contributed by atoms with van der Waals surface area (Å²) in [7, 11) is 0. The molecule has 1 heterocycles. The molecular formula is C21H29N5O3. The van der Waals surface area contributed by atoms with Gasteiger partial charge in [-0.25, -0.2) is 4.79 Å². The molecule has 1 aliphatic carbocycles. The minimum Gasteiger partial charge on any atom is -0.459 e. The van der Waals surface area contributed by atoms with E-state index in [1.54, 1.807) is 38.1 Å². The molecule has 1 aromatic carbocycles. The predicted octanol–water partition coefficient (Wildman–Crippen LogP) is 3.13. The normalized spacial score (nSPS) is 15.6. The first-order valence-electron chi connectivity index (χ1n) is 10.4. The van der Waals surface area contributed by atoms with E-state index in [4.69, 9.17) is 4.74 Å². The molecule has 0 saturated heterocycles. The fraction of sp³-hybridized carbons (Fsp3) is 0.571. The third-order valence-corrected chi connectivity index (χ3v) is 4.91. The van der Waals surface area contributed by atoms with Gasteiger partial charge in [0.2, 0.25) is 11.7 Å². The lowest BCUT2D eigenvalue weighted by atomic mass is 9.97. The van der Waals surface area contributed by atoms with Crippen LogP contribution in [0.2, 0.25) is 0 Å². The standard InChI is InChI=1S/C21H29N5O3/c1-15(2)29-21(28)17-10-8-9-16(13-17)20-23-25-26(24-20)14-19(27)22-18-11-6-4-3-5-7-12-18/h8-10,13,15,18H,3-7,11-12,14H2,1-2H3,(H,22,27). The summed E-state index contributed by atoms with van der Waals surface area (Å²) >= 11 is 0. The number of nitrogens with one attached hydrogen (secondary N) is 1. The van der Waals surface area contributed by atoms with Crippen molar-refractivity contribution in [3.63, 3.8) is 0 Å². The van der Waals surface area contributed by atoms with Crippen LogP contribution in [0.4, 0.5) is 0 Å². The lowest BCUT2D eigenvalue weighted by molar-refractivity contribution is -0.122.